The van der Waals surface area contributed by atoms with Crippen LogP contribution in [0, 0.1) is 6.92 Å². The SMILES string of the molecule is Cc1cccc(-c2nc3ccccn3c2NCc2cccc(Cl)c2)c1. The van der Waals surface area contributed by atoms with E-state index in [4.69, 9.17) is 16.6 Å². The van der Waals surface area contributed by atoms with E-state index in [1.165, 1.54) is 5.56 Å². The molecule has 0 spiro atoms. The first-order chi connectivity index (χ1) is 12.2. The molecule has 4 heteroatoms. The first-order valence-electron chi connectivity index (χ1n) is 8.23. The molecule has 1 N–H and O–H groups in total. The summed E-state index contributed by atoms with van der Waals surface area (Å²) in [5, 5.41) is 4.29. The van der Waals surface area contributed by atoms with E-state index in [1.54, 1.807) is 0 Å². The first kappa shape index (κ1) is 15.7. The van der Waals surface area contributed by atoms with Gasteiger partial charge in [0.25, 0.3) is 0 Å². The Balaban J connectivity index is 1.77. The lowest BCUT2D eigenvalue weighted by atomic mass is 10.1. The largest absolute Gasteiger partial charge is 0.365 e. The minimum atomic E-state index is 0.683. The summed E-state index contributed by atoms with van der Waals surface area (Å²) in [6.45, 7) is 2.78. The van der Waals surface area contributed by atoms with Crippen LogP contribution in [0.1, 0.15) is 11.1 Å². The van der Waals surface area contributed by atoms with Crippen LogP contribution in [0.25, 0.3) is 16.9 Å². The van der Waals surface area contributed by atoms with Gasteiger partial charge in [-0.1, -0.05) is 53.6 Å². The molecule has 4 aromatic rings. The highest BCUT2D eigenvalue weighted by atomic mass is 35.5. The lowest BCUT2D eigenvalue weighted by Gasteiger charge is -2.10. The second-order valence-electron chi connectivity index (χ2n) is 6.09. The van der Waals surface area contributed by atoms with Gasteiger partial charge in [0.1, 0.15) is 17.2 Å². The minimum Gasteiger partial charge on any atom is -0.365 e. The van der Waals surface area contributed by atoms with Gasteiger partial charge in [0.15, 0.2) is 0 Å². The molecule has 0 amide bonds. The smallest absolute Gasteiger partial charge is 0.139 e. The zero-order valence-corrected chi connectivity index (χ0v) is 14.7. The molecule has 0 unspecified atom stereocenters. The van der Waals surface area contributed by atoms with Crippen LogP contribution in [0.2, 0.25) is 5.02 Å². The number of rotatable bonds is 4. The third-order valence-electron chi connectivity index (χ3n) is 4.17. The van der Waals surface area contributed by atoms with Crippen LogP contribution in [0.4, 0.5) is 5.82 Å². The zero-order chi connectivity index (χ0) is 17.2. The van der Waals surface area contributed by atoms with Crippen molar-refractivity contribution in [2.75, 3.05) is 5.32 Å². The number of benzene rings is 2. The van der Waals surface area contributed by atoms with Crippen molar-refractivity contribution in [1.82, 2.24) is 9.38 Å². The van der Waals surface area contributed by atoms with Crippen molar-refractivity contribution in [2.24, 2.45) is 0 Å². The van der Waals surface area contributed by atoms with Crippen molar-refractivity contribution < 1.29 is 0 Å². The van der Waals surface area contributed by atoms with E-state index in [0.29, 0.717) is 6.54 Å². The van der Waals surface area contributed by atoms with E-state index in [2.05, 4.69) is 47.0 Å². The van der Waals surface area contributed by atoms with Crippen LogP contribution in [0.5, 0.6) is 0 Å². The highest BCUT2D eigenvalue weighted by molar-refractivity contribution is 6.30. The molecule has 0 fully saturated rings. The van der Waals surface area contributed by atoms with Crippen molar-refractivity contribution >= 4 is 23.1 Å². The molecule has 3 nitrogen and oxygen atoms in total. The second kappa shape index (κ2) is 6.61. The van der Waals surface area contributed by atoms with Gasteiger partial charge in [-0.3, -0.25) is 4.40 Å². The monoisotopic (exact) mass is 347 g/mol. The summed E-state index contributed by atoms with van der Waals surface area (Å²) in [4.78, 5) is 4.83. The Morgan fingerprint density at radius 2 is 1.88 bits per heavy atom. The second-order valence-corrected chi connectivity index (χ2v) is 6.53. The van der Waals surface area contributed by atoms with Crippen molar-refractivity contribution in [3.63, 3.8) is 0 Å². The average molecular weight is 348 g/mol. The molecule has 25 heavy (non-hydrogen) atoms. The van der Waals surface area contributed by atoms with E-state index < -0.39 is 0 Å². The van der Waals surface area contributed by atoms with Gasteiger partial charge in [0.2, 0.25) is 0 Å². The van der Waals surface area contributed by atoms with Gasteiger partial charge < -0.3 is 5.32 Å². The summed E-state index contributed by atoms with van der Waals surface area (Å²) in [6, 6.07) is 22.3. The molecule has 0 aliphatic rings. The lowest BCUT2D eigenvalue weighted by molar-refractivity contribution is 1.08. The highest BCUT2D eigenvalue weighted by Gasteiger charge is 2.13. The van der Waals surface area contributed by atoms with Gasteiger partial charge in [-0.05, 0) is 42.8 Å². The fraction of sp³-hybridized carbons (Fsp3) is 0.0952. The number of hydrogen-bond acceptors (Lipinski definition) is 2. The molecule has 2 aromatic heterocycles. The summed E-state index contributed by atoms with van der Waals surface area (Å²) in [7, 11) is 0. The van der Waals surface area contributed by atoms with Crippen LogP contribution < -0.4 is 5.32 Å². The van der Waals surface area contributed by atoms with Crippen LogP contribution >= 0.6 is 11.6 Å². The number of anilines is 1. The van der Waals surface area contributed by atoms with Crippen molar-refractivity contribution in [3.8, 4) is 11.3 Å². The first-order valence-corrected chi connectivity index (χ1v) is 8.61. The molecule has 0 aliphatic carbocycles. The minimum absolute atomic E-state index is 0.683. The molecule has 0 bridgehead atoms. The van der Waals surface area contributed by atoms with Crippen LogP contribution in [0.15, 0.2) is 72.9 Å². The van der Waals surface area contributed by atoms with E-state index in [-0.39, 0.29) is 0 Å². The molecule has 2 heterocycles. The standard InChI is InChI=1S/C21H18ClN3/c1-15-6-4-8-17(12-15)20-21(25-11-3-2-10-19(25)24-20)23-14-16-7-5-9-18(22)13-16/h2-13,23H,14H2,1H3. The maximum atomic E-state index is 6.10. The van der Waals surface area contributed by atoms with Crippen LogP contribution in [-0.4, -0.2) is 9.38 Å². The fourth-order valence-electron chi connectivity index (χ4n) is 2.99. The number of pyridine rings is 1. The Bertz CT molecular complexity index is 1040. The average Bonchev–Trinajstić information content (AvgIpc) is 2.99. The van der Waals surface area contributed by atoms with Gasteiger partial charge in [-0.25, -0.2) is 4.98 Å². The highest BCUT2D eigenvalue weighted by Crippen LogP contribution is 2.29. The molecule has 124 valence electrons. The maximum absolute atomic E-state index is 6.10. The molecule has 0 atom stereocenters. The summed E-state index contributed by atoms with van der Waals surface area (Å²) in [5.41, 5.74) is 5.34. The van der Waals surface area contributed by atoms with E-state index >= 15 is 0 Å². The zero-order valence-electron chi connectivity index (χ0n) is 13.9. The molecular weight excluding hydrogens is 330 g/mol. The third kappa shape index (κ3) is 3.24. The number of aryl methyl sites for hydroxylation is 1. The van der Waals surface area contributed by atoms with E-state index in [9.17, 15) is 0 Å². The maximum Gasteiger partial charge on any atom is 0.139 e. The Morgan fingerprint density at radius 1 is 1.00 bits per heavy atom. The summed E-state index contributed by atoms with van der Waals surface area (Å²) < 4.78 is 2.09. The number of aromatic nitrogens is 2. The van der Waals surface area contributed by atoms with Crippen molar-refractivity contribution in [1.29, 1.82) is 0 Å². The van der Waals surface area contributed by atoms with Gasteiger partial charge in [0.05, 0.1) is 0 Å². The lowest BCUT2D eigenvalue weighted by Crippen LogP contribution is -2.03. The predicted octanol–water partition coefficient (Wildman–Crippen LogP) is 5.58. The van der Waals surface area contributed by atoms with E-state index in [0.717, 1.165) is 33.3 Å². The number of imidazole rings is 1. The normalized spacial score (nSPS) is 11.0. The van der Waals surface area contributed by atoms with Crippen LogP contribution in [0.3, 0.4) is 0 Å². The van der Waals surface area contributed by atoms with Gasteiger partial charge in [-0.15, -0.1) is 0 Å². The van der Waals surface area contributed by atoms with E-state index in [1.807, 2.05) is 42.6 Å². The van der Waals surface area contributed by atoms with Gasteiger partial charge >= 0.3 is 0 Å². The number of nitrogens with one attached hydrogen (secondary N) is 1. The van der Waals surface area contributed by atoms with Crippen molar-refractivity contribution in [3.05, 3.63) is 89.1 Å². The van der Waals surface area contributed by atoms with Crippen LogP contribution in [-0.2, 0) is 6.54 Å². The molecule has 2 aromatic carbocycles. The molecule has 0 aliphatic heterocycles. The Labute approximate surface area is 151 Å². The van der Waals surface area contributed by atoms with Gasteiger partial charge in [0, 0.05) is 23.3 Å². The topological polar surface area (TPSA) is 29.3 Å². The van der Waals surface area contributed by atoms with Crippen molar-refractivity contribution in [2.45, 2.75) is 13.5 Å². The third-order valence-corrected chi connectivity index (χ3v) is 4.41. The molecule has 0 saturated heterocycles. The Kier molecular flexibility index (Phi) is 4.16. The summed E-state index contributed by atoms with van der Waals surface area (Å²) >= 11 is 6.10. The number of hydrogen-bond donors (Lipinski definition) is 1. The molecule has 0 saturated carbocycles. The fourth-order valence-corrected chi connectivity index (χ4v) is 3.20. The number of halogens is 1. The molecular formula is C21H18ClN3. The summed E-state index contributed by atoms with van der Waals surface area (Å²) in [6.07, 6.45) is 2.03. The predicted molar refractivity (Wildman–Crippen MR) is 104 cm³/mol. The number of nitrogens with zero attached hydrogens (tertiary/aromatic N) is 2. The number of fused-ring (bicyclic) bond motifs is 1. The molecule has 0 radical (unpaired) electrons. The Morgan fingerprint density at radius 3 is 2.72 bits per heavy atom. The van der Waals surface area contributed by atoms with Gasteiger partial charge in [-0.2, -0.15) is 0 Å². The molecule has 4 rings (SSSR count). The Hall–Kier alpha value is -2.78. The quantitative estimate of drug-likeness (QED) is 0.522. The summed E-state index contributed by atoms with van der Waals surface area (Å²) in [5.74, 6) is 0.987.